The van der Waals surface area contributed by atoms with Gasteiger partial charge >= 0.3 is 6.03 Å². The van der Waals surface area contributed by atoms with E-state index in [1.54, 1.807) is 4.90 Å². The Morgan fingerprint density at radius 2 is 2.03 bits per heavy atom. The maximum Gasteiger partial charge on any atom is 0.326 e. The van der Waals surface area contributed by atoms with Gasteiger partial charge in [-0.1, -0.05) is 6.92 Å². The second-order valence-electron chi connectivity index (χ2n) is 8.47. The zero-order valence-corrected chi connectivity index (χ0v) is 17.0. The van der Waals surface area contributed by atoms with Crippen molar-refractivity contribution in [3.8, 4) is 5.75 Å². The molecule has 3 atom stereocenters. The van der Waals surface area contributed by atoms with E-state index in [1.807, 2.05) is 53.8 Å². The summed E-state index contributed by atoms with van der Waals surface area (Å²) in [5.41, 5.74) is 2.86. The van der Waals surface area contributed by atoms with Crippen LogP contribution >= 0.6 is 0 Å². The van der Waals surface area contributed by atoms with Crippen LogP contribution in [0, 0.1) is 11.8 Å². The molecule has 30 heavy (non-hydrogen) atoms. The van der Waals surface area contributed by atoms with E-state index in [9.17, 15) is 9.59 Å². The van der Waals surface area contributed by atoms with Crippen molar-refractivity contribution >= 4 is 17.6 Å². The molecular formula is C23H26N4O3. The van der Waals surface area contributed by atoms with Gasteiger partial charge in [0.2, 0.25) is 5.91 Å². The highest BCUT2D eigenvalue weighted by atomic mass is 16.5. The van der Waals surface area contributed by atoms with Gasteiger partial charge in [0, 0.05) is 43.2 Å². The van der Waals surface area contributed by atoms with Crippen molar-refractivity contribution < 1.29 is 14.3 Å². The molecule has 0 radical (unpaired) electrons. The zero-order valence-electron chi connectivity index (χ0n) is 17.0. The van der Waals surface area contributed by atoms with Crippen LogP contribution in [0.1, 0.15) is 19.8 Å². The minimum atomic E-state index is -0.167. The molecule has 5 rings (SSSR count). The molecule has 156 valence electrons. The lowest BCUT2D eigenvalue weighted by Crippen LogP contribution is -2.32. The standard InChI is InChI=1S/C23H26N4O3/c1-15-10-21(15)22(28)26-9-7-20(14-26)30-19-4-2-18(3-5-19)25-23(29)27-12-16-6-8-24-11-17(16)13-27/h2-6,8,11-12,15,20-21,24H,7,9-10,13-14H2,1H3,(H,25,29). The summed E-state index contributed by atoms with van der Waals surface area (Å²) in [6.07, 6.45) is 9.47. The number of dihydropyridines is 1. The summed E-state index contributed by atoms with van der Waals surface area (Å²) in [4.78, 5) is 28.5. The number of nitrogens with one attached hydrogen (secondary N) is 2. The predicted octanol–water partition coefficient (Wildman–Crippen LogP) is 3.05. The Balaban J connectivity index is 1.13. The summed E-state index contributed by atoms with van der Waals surface area (Å²) in [6.45, 7) is 4.11. The first-order chi connectivity index (χ1) is 14.6. The van der Waals surface area contributed by atoms with Crippen molar-refractivity contribution in [2.24, 2.45) is 11.8 Å². The first-order valence-corrected chi connectivity index (χ1v) is 10.5. The van der Waals surface area contributed by atoms with Gasteiger partial charge in [-0.2, -0.15) is 0 Å². The lowest BCUT2D eigenvalue weighted by atomic mass is 10.1. The lowest BCUT2D eigenvalue weighted by Gasteiger charge is -2.18. The second-order valence-corrected chi connectivity index (χ2v) is 8.47. The Kier molecular flexibility index (Phi) is 4.73. The van der Waals surface area contributed by atoms with Crippen molar-refractivity contribution in [1.29, 1.82) is 0 Å². The fourth-order valence-corrected chi connectivity index (χ4v) is 4.20. The van der Waals surface area contributed by atoms with Crippen LogP contribution in [0.3, 0.4) is 0 Å². The molecule has 0 spiro atoms. The Hall–Kier alpha value is -3.22. The van der Waals surface area contributed by atoms with Gasteiger partial charge in [0.15, 0.2) is 0 Å². The van der Waals surface area contributed by atoms with E-state index in [4.69, 9.17) is 4.74 Å². The van der Waals surface area contributed by atoms with Gasteiger partial charge in [-0.25, -0.2) is 4.79 Å². The molecule has 1 aliphatic carbocycles. The van der Waals surface area contributed by atoms with E-state index in [2.05, 4.69) is 17.6 Å². The van der Waals surface area contributed by atoms with Gasteiger partial charge < -0.3 is 20.3 Å². The van der Waals surface area contributed by atoms with Crippen LogP contribution in [0.5, 0.6) is 5.75 Å². The van der Waals surface area contributed by atoms with Crippen molar-refractivity contribution in [2.75, 3.05) is 25.0 Å². The Labute approximate surface area is 176 Å². The maximum absolute atomic E-state index is 12.5. The van der Waals surface area contributed by atoms with E-state index >= 15 is 0 Å². The largest absolute Gasteiger partial charge is 0.489 e. The highest BCUT2D eigenvalue weighted by molar-refractivity contribution is 5.91. The molecule has 2 N–H and O–H groups in total. The third-order valence-electron chi connectivity index (χ3n) is 6.18. The highest BCUT2D eigenvalue weighted by Crippen LogP contribution is 2.40. The number of rotatable bonds is 4. The molecule has 3 amide bonds. The van der Waals surface area contributed by atoms with Crippen molar-refractivity contribution in [2.45, 2.75) is 25.9 Å². The van der Waals surface area contributed by atoms with Gasteiger partial charge in [-0.3, -0.25) is 9.69 Å². The molecule has 3 aliphatic heterocycles. The number of ether oxygens (including phenoxy) is 1. The van der Waals surface area contributed by atoms with Crippen LogP contribution in [-0.4, -0.2) is 47.5 Å². The molecule has 1 saturated carbocycles. The fraction of sp³-hybridized carbons (Fsp3) is 0.391. The molecule has 2 fully saturated rings. The number of benzene rings is 1. The van der Waals surface area contributed by atoms with E-state index in [-0.39, 0.29) is 24.0 Å². The number of urea groups is 1. The second kappa shape index (κ2) is 7.55. The Bertz CT molecular complexity index is 950. The normalized spacial score (nSPS) is 26.5. The number of allylic oxidation sites excluding steroid dienone is 1. The first-order valence-electron chi connectivity index (χ1n) is 10.5. The molecule has 0 bridgehead atoms. The van der Waals surface area contributed by atoms with Crippen molar-refractivity contribution in [1.82, 2.24) is 15.1 Å². The van der Waals surface area contributed by atoms with E-state index in [0.717, 1.165) is 36.3 Å². The third-order valence-corrected chi connectivity index (χ3v) is 6.18. The van der Waals surface area contributed by atoms with Crippen LogP contribution in [0.15, 0.2) is 60.1 Å². The van der Waals surface area contributed by atoms with Gasteiger partial charge in [0.1, 0.15) is 11.9 Å². The molecule has 7 nitrogen and oxygen atoms in total. The van der Waals surface area contributed by atoms with Crippen LogP contribution in [0.4, 0.5) is 10.5 Å². The summed E-state index contributed by atoms with van der Waals surface area (Å²) in [6, 6.07) is 7.24. The summed E-state index contributed by atoms with van der Waals surface area (Å²) < 4.78 is 6.06. The Morgan fingerprint density at radius 3 is 2.77 bits per heavy atom. The number of anilines is 1. The molecule has 3 heterocycles. The van der Waals surface area contributed by atoms with Crippen LogP contribution in [-0.2, 0) is 4.79 Å². The minimum Gasteiger partial charge on any atom is -0.489 e. The van der Waals surface area contributed by atoms with Gasteiger partial charge in [0.05, 0.1) is 13.1 Å². The van der Waals surface area contributed by atoms with Crippen molar-refractivity contribution in [3.05, 3.63) is 60.1 Å². The first kappa shape index (κ1) is 18.8. The summed E-state index contributed by atoms with van der Waals surface area (Å²) in [5.74, 6) is 1.80. The van der Waals surface area contributed by atoms with Gasteiger partial charge in [-0.05, 0) is 53.8 Å². The van der Waals surface area contributed by atoms with Gasteiger partial charge in [0.25, 0.3) is 0 Å². The molecule has 4 aliphatic rings. The van der Waals surface area contributed by atoms with Crippen LogP contribution in [0.25, 0.3) is 0 Å². The fourth-order valence-electron chi connectivity index (χ4n) is 4.20. The van der Waals surface area contributed by atoms with Gasteiger partial charge in [-0.15, -0.1) is 0 Å². The number of amides is 3. The molecule has 1 aromatic carbocycles. The summed E-state index contributed by atoms with van der Waals surface area (Å²) in [5, 5.41) is 5.97. The summed E-state index contributed by atoms with van der Waals surface area (Å²) in [7, 11) is 0. The predicted molar refractivity (Wildman–Crippen MR) is 113 cm³/mol. The molecule has 1 aromatic rings. The number of nitrogens with zero attached hydrogens (tertiary/aromatic N) is 2. The summed E-state index contributed by atoms with van der Waals surface area (Å²) >= 11 is 0. The molecule has 1 saturated heterocycles. The quantitative estimate of drug-likeness (QED) is 0.806. The van der Waals surface area contributed by atoms with E-state index in [1.165, 1.54) is 0 Å². The molecule has 0 aromatic heterocycles. The highest BCUT2D eigenvalue weighted by Gasteiger charge is 2.43. The van der Waals surface area contributed by atoms with Crippen molar-refractivity contribution in [3.63, 3.8) is 0 Å². The van der Waals surface area contributed by atoms with Crippen LogP contribution in [0.2, 0.25) is 0 Å². The monoisotopic (exact) mass is 406 g/mol. The smallest absolute Gasteiger partial charge is 0.326 e. The number of hydrogen-bond acceptors (Lipinski definition) is 4. The average Bonchev–Trinajstić information content (AvgIpc) is 3.15. The lowest BCUT2D eigenvalue weighted by molar-refractivity contribution is -0.132. The number of hydrogen-bond donors (Lipinski definition) is 2. The molecule has 7 heteroatoms. The van der Waals surface area contributed by atoms with E-state index in [0.29, 0.717) is 24.7 Å². The van der Waals surface area contributed by atoms with Crippen LogP contribution < -0.4 is 15.4 Å². The van der Waals surface area contributed by atoms with E-state index < -0.39 is 0 Å². The number of carbonyl (C=O) groups is 2. The molecule has 3 unspecified atom stereocenters. The topological polar surface area (TPSA) is 73.9 Å². The average molecular weight is 406 g/mol. The number of fused-ring (bicyclic) bond motifs is 1. The maximum atomic E-state index is 12.5. The minimum absolute atomic E-state index is 0.0259. The Morgan fingerprint density at radius 1 is 1.23 bits per heavy atom. The SMILES string of the molecule is CC1CC1C(=O)N1CCC(Oc2ccc(NC(=O)N3C=C4C=CNC=C4C3)cc2)C1. The number of carbonyl (C=O) groups excluding carboxylic acids is 2. The third kappa shape index (κ3) is 3.79. The molecular weight excluding hydrogens is 380 g/mol. The zero-order chi connectivity index (χ0) is 20.7. The number of likely N-dealkylation sites (tertiary alicyclic amines) is 1.